The molecule has 2 fully saturated rings. The summed E-state index contributed by atoms with van der Waals surface area (Å²) in [6, 6.07) is 7.81. The molecule has 6 heteroatoms. The highest BCUT2D eigenvalue weighted by molar-refractivity contribution is 5.80. The van der Waals surface area contributed by atoms with E-state index in [4.69, 9.17) is 4.74 Å². The van der Waals surface area contributed by atoms with Crippen LogP contribution in [-0.2, 0) is 4.79 Å². The minimum Gasteiger partial charge on any atom is -0.493 e. The fraction of sp³-hybridized carbons (Fsp3) is 0.579. The molecule has 3 aliphatic rings. The molecule has 2 N–H and O–H groups in total. The molecule has 1 aliphatic carbocycles. The fourth-order valence-corrected chi connectivity index (χ4v) is 4.74. The van der Waals surface area contributed by atoms with Gasteiger partial charge < -0.3 is 20.1 Å². The number of carboxylic acids is 1. The molecular weight excluding hydrogens is 320 g/mol. The van der Waals surface area contributed by atoms with Crippen molar-refractivity contribution in [2.45, 2.75) is 31.6 Å². The van der Waals surface area contributed by atoms with Crippen molar-refractivity contribution in [3.8, 4) is 5.75 Å². The second-order valence-corrected chi connectivity index (χ2v) is 7.49. The molecule has 0 aromatic heterocycles. The Morgan fingerprint density at radius 3 is 2.96 bits per heavy atom. The van der Waals surface area contributed by atoms with Gasteiger partial charge in [-0.25, -0.2) is 4.79 Å². The molecule has 0 radical (unpaired) electrons. The summed E-state index contributed by atoms with van der Waals surface area (Å²) < 4.78 is 5.66. The number of ether oxygens (including phenoxy) is 1. The van der Waals surface area contributed by atoms with Gasteiger partial charge in [0.15, 0.2) is 0 Å². The number of rotatable bonds is 3. The lowest BCUT2D eigenvalue weighted by Crippen LogP contribution is -2.43. The molecule has 0 bridgehead atoms. The van der Waals surface area contributed by atoms with Crippen molar-refractivity contribution >= 4 is 12.0 Å². The zero-order valence-corrected chi connectivity index (χ0v) is 14.2. The summed E-state index contributed by atoms with van der Waals surface area (Å²) in [6.07, 6.45) is 3.41. The van der Waals surface area contributed by atoms with E-state index < -0.39 is 11.4 Å². The summed E-state index contributed by atoms with van der Waals surface area (Å²) in [6.45, 7) is 2.11. The highest BCUT2D eigenvalue weighted by atomic mass is 16.5. The van der Waals surface area contributed by atoms with Gasteiger partial charge in [0, 0.05) is 25.6 Å². The number of nitrogens with zero attached hydrogens (tertiary/aromatic N) is 1. The van der Waals surface area contributed by atoms with Crippen LogP contribution in [0.4, 0.5) is 4.79 Å². The maximum Gasteiger partial charge on any atom is 0.317 e. The Bertz CT molecular complexity index is 692. The molecule has 6 nitrogen and oxygen atoms in total. The number of carboxylic acid groups (broad SMARTS) is 1. The van der Waals surface area contributed by atoms with Gasteiger partial charge in [-0.05, 0) is 36.8 Å². The molecule has 1 aromatic rings. The molecule has 4 rings (SSSR count). The highest BCUT2D eigenvalue weighted by Gasteiger charge is 2.55. The van der Waals surface area contributed by atoms with Crippen molar-refractivity contribution in [1.29, 1.82) is 0 Å². The molecule has 3 atom stereocenters. The Kier molecular flexibility index (Phi) is 4.06. The third-order valence-electron chi connectivity index (χ3n) is 6.17. The van der Waals surface area contributed by atoms with Crippen LogP contribution in [0.5, 0.6) is 5.75 Å². The third kappa shape index (κ3) is 2.73. The average molecular weight is 344 g/mol. The number of para-hydroxylation sites is 1. The maximum atomic E-state index is 12.6. The minimum atomic E-state index is -0.747. The van der Waals surface area contributed by atoms with E-state index in [0.717, 1.165) is 30.6 Å². The lowest BCUT2D eigenvalue weighted by atomic mass is 9.81. The van der Waals surface area contributed by atoms with Crippen LogP contribution in [0.15, 0.2) is 24.3 Å². The molecule has 2 heterocycles. The predicted molar refractivity (Wildman–Crippen MR) is 91.7 cm³/mol. The summed E-state index contributed by atoms with van der Waals surface area (Å²) in [5.41, 5.74) is 0.414. The molecule has 25 heavy (non-hydrogen) atoms. The molecule has 2 aliphatic heterocycles. The normalized spacial score (nSPS) is 30.3. The smallest absolute Gasteiger partial charge is 0.317 e. The van der Waals surface area contributed by atoms with Gasteiger partial charge in [0.05, 0.1) is 12.0 Å². The minimum absolute atomic E-state index is 0.0968. The summed E-state index contributed by atoms with van der Waals surface area (Å²) in [5.74, 6) is 0.487. The SMILES string of the molecule is O=C(NCC1CCOc2ccccc21)N1C[C@@H]2CCC[C@@]2(C(=O)O)C1. The van der Waals surface area contributed by atoms with Gasteiger partial charge in [-0.2, -0.15) is 0 Å². The highest BCUT2D eigenvalue weighted by Crippen LogP contribution is 2.48. The summed E-state index contributed by atoms with van der Waals surface area (Å²) in [4.78, 5) is 26.0. The van der Waals surface area contributed by atoms with Crippen molar-refractivity contribution in [3.05, 3.63) is 29.8 Å². The predicted octanol–water partition coefficient (Wildman–Crippen LogP) is 2.45. The monoisotopic (exact) mass is 344 g/mol. The molecule has 2 amide bonds. The number of carbonyl (C=O) groups is 2. The van der Waals surface area contributed by atoms with Crippen LogP contribution in [0.1, 0.15) is 37.2 Å². The van der Waals surface area contributed by atoms with Gasteiger partial charge in [-0.15, -0.1) is 0 Å². The molecule has 1 unspecified atom stereocenters. The fourth-order valence-electron chi connectivity index (χ4n) is 4.74. The van der Waals surface area contributed by atoms with Crippen LogP contribution >= 0.6 is 0 Å². The molecular formula is C19H24N2O4. The van der Waals surface area contributed by atoms with Crippen LogP contribution < -0.4 is 10.1 Å². The van der Waals surface area contributed by atoms with E-state index in [2.05, 4.69) is 5.32 Å². The largest absolute Gasteiger partial charge is 0.493 e. The first-order valence-corrected chi connectivity index (χ1v) is 9.08. The number of benzene rings is 1. The lowest BCUT2D eigenvalue weighted by Gasteiger charge is -2.27. The summed E-state index contributed by atoms with van der Waals surface area (Å²) in [5, 5.41) is 12.7. The van der Waals surface area contributed by atoms with Crippen molar-refractivity contribution in [2.24, 2.45) is 11.3 Å². The molecule has 134 valence electrons. The molecule has 1 saturated carbocycles. The topological polar surface area (TPSA) is 78.9 Å². The average Bonchev–Trinajstić information content (AvgIpc) is 3.18. The van der Waals surface area contributed by atoms with E-state index in [1.54, 1.807) is 4.90 Å². The quantitative estimate of drug-likeness (QED) is 0.883. The Labute approximate surface area is 147 Å². The summed E-state index contributed by atoms with van der Waals surface area (Å²) >= 11 is 0. The number of carbonyl (C=O) groups excluding carboxylic acids is 1. The number of hydrogen-bond donors (Lipinski definition) is 2. The second-order valence-electron chi connectivity index (χ2n) is 7.49. The number of likely N-dealkylation sites (tertiary alicyclic amines) is 1. The van der Waals surface area contributed by atoms with E-state index in [1.807, 2.05) is 24.3 Å². The summed E-state index contributed by atoms with van der Waals surface area (Å²) in [7, 11) is 0. The number of amides is 2. The van der Waals surface area contributed by atoms with Gasteiger partial charge in [-0.1, -0.05) is 24.6 Å². The van der Waals surface area contributed by atoms with Crippen LogP contribution in [0.3, 0.4) is 0 Å². The number of urea groups is 1. The zero-order chi connectivity index (χ0) is 17.4. The van der Waals surface area contributed by atoms with Gasteiger partial charge >= 0.3 is 12.0 Å². The first-order valence-electron chi connectivity index (χ1n) is 9.08. The van der Waals surface area contributed by atoms with Gasteiger partial charge in [0.1, 0.15) is 5.75 Å². The van der Waals surface area contributed by atoms with Crippen molar-refractivity contribution < 1.29 is 19.4 Å². The molecule has 0 spiro atoms. The molecule has 1 aromatic carbocycles. The van der Waals surface area contributed by atoms with Gasteiger partial charge in [0.25, 0.3) is 0 Å². The zero-order valence-electron chi connectivity index (χ0n) is 14.2. The Morgan fingerprint density at radius 1 is 1.32 bits per heavy atom. The van der Waals surface area contributed by atoms with Crippen LogP contribution in [-0.4, -0.2) is 48.2 Å². The van der Waals surface area contributed by atoms with Crippen LogP contribution in [0.2, 0.25) is 0 Å². The van der Waals surface area contributed by atoms with Crippen molar-refractivity contribution in [2.75, 3.05) is 26.2 Å². The van der Waals surface area contributed by atoms with Gasteiger partial charge in [0.2, 0.25) is 0 Å². The van der Waals surface area contributed by atoms with E-state index >= 15 is 0 Å². The first-order chi connectivity index (χ1) is 12.1. The number of hydrogen-bond acceptors (Lipinski definition) is 3. The number of nitrogens with one attached hydrogen (secondary N) is 1. The molecule has 1 saturated heterocycles. The lowest BCUT2D eigenvalue weighted by molar-refractivity contribution is -0.149. The van der Waals surface area contributed by atoms with E-state index in [1.165, 1.54) is 0 Å². The number of aliphatic carboxylic acids is 1. The van der Waals surface area contributed by atoms with E-state index in [-0.39, 0.29) is 17.9 Å². The van der Waals surface area contributed by atoms with Crippen LogP contribution in [0, 0.1) is 11.3 Å². The van der Waals surface area contributed by atoms with Gasteiger partial charge in [-0.3, -0.25) is 4.79 Å². The Hall–Kier alpha value is -2.24. The van der Waals surface area contributed by atoms with Crippen molar-refractivity contribution in [1.82, 2.24) is 10.2 Å². The van der Waals surface area contributed by atoms with Crippen LogP contribution in [0.25, 0.3) is 0 Å². The standard InChI is InChI=1S/C19H24N2O4/c22-17(23)19-8-3-4-14(19)11-21(12-19)18(24)20-10-13-7-9-25-16-6-2-1-5-15(13)16/h1-2,5-6,13-14H,3-4,7-12H2,(H,20,24)(H,22,23)/t13?,14-,19+/m0/s1. The Balaban J connectivity index is 1.39. The third-order valence-corrected chi connectivity index (χ3v) is 6.17. The number of fused-ring (bicyclic) bond motifs is 2. The first kappa shape index (κ1) is 16.2. The van der Waals surface area contributed by atoms with E-state index in [0.29, 0.717) is 32.7 Å². The van der Waals surface area contributed by atoms with Crippen molar-refractivity contribution in [3.63, 3.8) is 0 Å². The maximum absolute atomic E-state index is 12.6. The Morgan fingerprint density at radius 2 is 2.16 bits per heavy atom. The van der Waals surface area contributed by atoms with E-state index in [9.17, 15) is 14.7 Å². The second kappa shape index (κ2) is 6.24.